The maximum absolute atomic E-state index is 10.4. The number of carbonyl (C=O) groups is 1. The van der Waals surface area contributed by atoms with Gasteiger partial charge in [0.2, 0.25) is 0 Å². The Kier molecular flexibility index (Phi) is 3.07. The molecule has 0 heterocycles. The zero-order chi connectivity index (χ0) is 9.90. The summed E-state index contributed by atoms with van der Waals surface area (Å²) in [6.45, 7) is 6.37. The van der Waals surface area contributed by atoms with Gasteiger partial charge in [0, 0.05) is 0 Å². The minimum Gasteiger partial charge on any atom is -0.298 e. The minimum atomic E-state index is 0.305. The van der Waals surface area contributed by atoms with E-state index in [1.807, 2.05) is 13.0 Å². The molecule has 0 saturated heterocycles. The second-order valence-electron chi connectivity index (χ2n) is 4.46. The summed E-state index contributed by atoms with van der Waals surface area (Å²) in [6, 6.07) is 0. The summed E-state index contributed by atoms with van der Waals surface area (Å²) in [5, 5.41) is 0. The van der Waals surface area contributed by atoms with E-state index in [0.29, 0.717) is 11.3 Å². The van der Waals surface area contributed by atoms with E-state index in [9.17, 15) is 4.79 Å². The van der Waals surface area contributed by atoms with Crippen LogP contribution in [0.2, 0.25) is 0 Å². The number of carbonyl (C=O) groups excluding carboxylic acids is 1. The summed E-state index contributed by atoms with van der Waals surface area (Å²) < 4.78 is 0. The Morgan fingerprint density at radius 3 is 2.77 bits per heavy atom. The smallest absolute Gasteiger partial charge is 0.145 e. The summed E-state index contributed by atoms with van der Waals surface area (Å²) in [7, 11) is 0. The van der Waals surface area contributed by atoms with Gasteiger partial charge in [0.15, 0.2) is 0 Å². The molecule has 0 N–H and O–H groups in total. The molecule has 0 aromatic carbocycles. The molecule has 0 radical (unpaired) electrons. The summed E-state index contributed by atoms with van der Waals surface area (Å²) in [5.41, 5.74) is 1.15. The SMILES string of the molecule is C/C(C=O)=C\C[C@H]1CC=CC1(C)C. The third-order valence-corrected chi connectivity index (χ3v) is 2.93. The second-order valence-corrected chi connectivity index (χ2v) is 4.46. The average Bonchev–Trinajstić information content (AvgIpc) is 2.41. The predicted octanol–water partition coefficient (Wildman–Crippen LogP) is 3.12. The van der Waals surface area contributed by atoms with Gasteiger partial charge >= 0.3 is 0 Å². The number of allylic oxidation sites excluding steroid dienone is 4. The fourth-order valence-electron chi connectivity index (χ4n) is 1.75. The van der Waals surface area contributed by atoms with Crippen LogP contribution in [0.3, 0.4) is 0 Å². The zero-order valence-corrected chi connectivity index (χ0v) is 8.71. The number of hydrogen-bond donors (Lipinski definition) is 0. The molecule has 1 heteroatoms. The van der Waals surface area contributed by atoms with Crippen molar-refractivity contribution in [2.75, 3.05) is 0 Å². The molecule has 13 heavy (non-hydrogen) atoms. The minimum absolute atomic E-state index is 0.305. The van der Waals surface area contributed by atoms with Crippen LogP contribution in [-0.2, 0) is 4.79 Å². The molecule has 0 aliphatic heterocycles. The second kappa shape index (κ2) is 3.91. The van der Waals surface area contributed by atoms with Gasteiger partial charge in [-0.1, -0.05) is 32.1 Å². The van der Waals surface area contributed by atoms with Crippen LogP contribution in [-0.4, -0.2) is 6.29 Å². The molecule has 0 amide bonds. The normalized spacial score (nSPS) is 26.4. The maximum atomic E-state index is 10.4. The summed E-state index contributed by atoms with van der Waals surface area (Å²) >= 11 is 0. The van der Waals surface area contributed by atoms with Crippen LogP contribution < -0.4 is 0 Å². The monoisotopic (exact) mass is 178 g/mol. The Morgan fingerprint density at radius 1 is 1.62 bits per heavy atom. The molecule has 0 aromatic rings. The first kappa shape index (κ1) is 10.2. The average molecular weight is 178 g/mol. The van der Waals surface area contributed by atoms with Gasteiger partial charge in [-0.05, 0) is 36.7 Å². The molecule has 0 saturated carbocycles. The maximum Gasteiger partial charge on any atom is 0.145 e. The van der Waals surface area contributed by atoms with E-state index in [1.165, 1.54) is 0 Å². The topological polar surface area (TPSA) is 17.1 Å². The van der Waals surface area contributed by atoms with E-state index in [-0.39, 0.29) is 0 Å². The van der Waals surface area contributed by atoms with Crippen molar-refractivity contribution in [2.24, 2.45) is 11.3 Å². The highest BCUT2D eigenvalue weighted by Crippen LogP contribution is 2.39. The lowest BCUT2D eigenvalue weighted by atomic mass is 9.80. The van der Waals surface area contributed by atoms with Crippen LogP contribution in [0.4, 0.5) is 0 Å². The molecule has 0 aromatic heterocycles. The van der Waals surface area contributed by atoms with Crippen LogP contribution in [0.25, 0.3) is 0 Å². The van der Waals surface area contributed by atoms with Crippen LogP contribution in [0.5, 0.6) is 0 Å². The van der Waals surface area contributed by atoms with Gasteiger partial charge < -0.3 is 0 Å². The van der Waals surface area contributed by atoms with Gasteiger partial charge in [-0.25, -0.2) is 0 Å². The summed E-state index contributed by atoms with van der Waals surface area (Å²) in [5.74, 6) is 0.669. The van der Waals surface area contributed by atoms with Gasteiger partial charge in [-0.15, -0.1) is 0 Å². The lowest BCUT2D eigenvalue weighted by Crippen LogP contribution is -2.16. The van der Waals surface area contributed by atoms with Crippen molar-refractivity contribution in [3.63, 3.8) is 0 Å². The van der Waals surface area contributed by atoms with E-state index in [4.69, 9.17) is 0 Å². The van der Waals surface area contributed by atoms with Gasteiger partial charge in [-0.2, -0.15) is 0 Å². The molecule has 1 nitrogen and oxygen atoms in total. The Morgan fingerprint density at radius 2 is 2.31 bits per heavy atom. The Hall–Kier alpha value is -0.850. The quantitative estimate of drug-likeness (QED) is 0.368. The lowest BCUT2D eigenvalue weighted by molar-refractivity contribution is -0.104. The van der Waals surface area contributed by atoms with Crippen LogP contribution in [0.1, 0.15) is 33.6 Å². The summed E-state index contributed by atoms with van der Waals surface area (Å²) in [6.07, 6.45) is 9.67. The van der Waals surface area contributed by atoms with Crippen molar-refractivity contribution < 1.29 is 4.79 Å². The van der Waals surface area contributed by atoms with Gasteiger partial charge in [0.05, 0.1) is 0 Å². The highest BCUT2D eigenvalue weighted by molar-refractivity contribution is 5.71. The molecule has 1 aliphatic rings. The molecule has 0 bridgehead atoms. The van der Waals surface area contributed by atoms with E-state index >= 15 is 0 Å². The molecule has 0 fully saturated rings. The van der Waals surface area contributed by atoms with Gasteiger partial charge in [0.25, 0.3) is 0 Å². The number of aldehydes is 1. The molecule has 0 unspecified atom stereocenters. The van der Waals surface area contributed by atoms with Crippen molar-refractivity contribution >= 4 is 6.29 Å². The Bertz CT molecular complexity index is 246. The van der Waals surface area contributed by atoms with Crippen molar-refractivity contribution in [3.05, 3.63) is 23.8 Å². The molecule has 72 valence electrons. The Balaban J connectivity index is 2.52. The first-order valence-electron chi connectivity index (χ1n) is 4.86. The first-order chi connectivity index (χ1) is 6.06. The van der Waals surface area contributed by atoms with E-state index in [1.54, 1.807) is 0 Å². The van der Waals surface area contributed by atoms with Crippen molar-refractivity contribution in [1.82, 2.24) is 0 Å². The summed E-state index contributed by atoms with van der Waals surface area (Å²) in [4.78, 5) is 10.4. The fourth-order valence-corrected chi connectivity index (χ4v) is 1.75. The van der Waals surface area contributed by atoms with E-state index in [2.05, 4.69) is 26.0 Å². The number of rotatable bonds is 3. The Labute approximate surface area is 80.5 Å². The van der Waals surface area contributed by atoms with Crippen molar-refractivity contribution in [1.29, 1.82) is 0 Å². The molecular formula is C12H18O. The molecule has 0 spiro atoms. The number of hydrogen-bond acceptors (Lipinski definition) is 1. The standard InChI is InChI=1S/C12H18O/c1-10(9-13)6-7-11-5-4-8-12(11,2)3/h4,6,8-9,11H,5,7H2,1-3H3/b10-6+/t11-/m1/s1. The molecule has 1 rings (SSSR count). The zero-order valence-electron chi connectivity index (χ0n) is 8.71. The van der Waals surface area contributed by atoms with Crippen LogP contribution in [0.15, 0.2) is 23.8 Å². The highest BCUT2D eigenvalue weighted by atomic mass is 16.1. The van der Waals surface area contributed by atoms with Crippen LogP contribution >= 0.6 is 0 Å². The molecular weight excluding hydrogens is 160 g/mol. The predicted molar refractivity (Wildman–Crippen MR) is 55.5 cm³/mol. The van der Waals surface area contributed by atoms with Crippen molar-refractivity contribution in [3.8, 4) is 0 Å². The largest absolute Gasteiger partial charge is 0.298 e. The fraction of sp³-hybridized carbons (Fsp3) is 0.583. The lowest BCUT2D eigenvalue weighted by Gasteiger charge is -2.25. The van der Waals surface area contributed by atoms with E-state index < -0.39 is 0 Å². The third-order valence-electron chi connectivity index (χ3n) is 2.93. The van der Waals surface area contributed by atoms with Crippen molar-refractivity contribution in [2.45, 2.75) is 33.6 Å². The van der Waals surface area contributed by atoms with Crippen LogP contribution in [0, 0.1) is 11.3 Å². The molecule has 1 aliphatic carbocycles. The van der Waals surface area contributed by atoms with Gasteiger partial charge in [0.1, 0.15) is 6.29 Å². The van der Waals surface area contributed by atoms with Gasteiger partial charge in [-0.3, -0.25) is 4.79 Å². The first-order valence-corrected chi connectivity index (χ1v) is 4.86. The highest BCUT2D eigenvalue weighted by Gasteiger charge is 2.28. The van der Waals surface area contributed by atoms with E-state index in [0.717, 1.165) is 24.7 Å². The third kappa shape index (κ3) is 2.55. The molecule has 1 atom stereocenters.